The Labute approximate surface area is 105 Å². The maximum absolute atomic E-state index is 11.9. The van der Waals surface area contributed by atoms with Crippen LogP contribution in [0.4, 0.5) is 0 Å². The molecule has 1 aromatic heterocycles. The zero-order valence-electron chi connectivity index (χ0n) is 10.1. The number of thiophene rings is 1. The molecule has 0 spiro atoms. The quantitative estimate of drug-likeness (QED) is 0.854. The Balaban J connectivity index is 2.18. The summed E-state index contributed by atoms with van der Waals surface area (Å²) in [6, 6.07) is 0. The number of fused-ring (bicyclic) bond motifs is 1. The zero-order chi connectivity index (χ0) is 12.4. The van der Waals surface area contributed by atoms with E-state index in [2.05, 4.69) is 5.32 Å². The van der Waals surface area contributed by atoms with Gasteiger partial charge in [-0.1, -0.05) is 0 Å². The van der Waals surface area contributed by atoms with E-state index in [0.29, 0.717) is 4.88 Å². The third kappa shape index (κ3) is 2.45. The molecule has 0 saturated carbocycles. The number of hydrogen-bond donors (Lipinski definition) is 2. The van der Waals surface area contributed by atoms with E-state index in [1.807, 2.05) is 0 Å². The van der Waals surface area contributed by atoms with Crippen LogP contribution in [0, 0.1) is 0 Å². The van der Waals surface area contributed by atoms with E-state index >= 15 is 0 Å². The number of carbonyl (C=O) groups excluding carboxylic acids is 1. The fourth-order valence-electron chi connectivity index (χ4n) is 2.06. The van der Waals surface area contributed by atoms with E-state index in [0.717, 1.165) is 25.0 Å². The Bertz CT molecular complexity index is 426. The Hall–Kier alpha value is -1.07. The van der Waals surface area contributed by atoms with Gasteiger partial charge in [-0.25, -0.2) is 0 Å². The van der Waals surface area contributed by atoms with Crippen LogP contribution < -0.4 is 10.1 Å². The highest BCUT2D eigenvalue weighted by atomic mass is 32.1. The molecule has 5 heteroatoms. The van der Waals surface area contributed by atoms with Crippen molar-refractivity contribution in [1.82, 2.24) is 5.32 Å². The van der Waals surface area contributed by atoms with Crippen LogP contribution in [0.1, 0.15) is 33.5 Å². The lowest BCUT2D eigenvalue weighted by atomic mass is 10.2. The van der Waals surface area contributed by atoms with Gasteiger partial charge in [0.2, 0.25) is 0 Å². The Kier molecular flexibility index (Phi) is 3.69. The van der Waals surface area contributed by atoms with Gasteiger partial charge >= 0.3 is 0 Å². The Morgan fingerprint density at radius 2 is 2.35 bits per heavy atom. The maximum Gasteiger partial charge on any atom is 0.265 e. The van der Waals surface area contributed by atoms with E-state index in [-0.39, 0.29) is 12.5 Å². The zero-order valence-corrected chi connectivity index (χ0v) is 10.9. The molecule has 0 bridgehead atoms. The third-order valence-corrected chi connectivity index (χ3v) is 4.11. The summed E-state index contributed by atoms with van der Waals surface area (Å²) in [6.45, 7) is 1.91. The van der Waals surface area contributed by atoms with Gasteiger partial charge in [0.25, 0.3) is 5.91 Å². The molecule has 0 fully saturated rings. The van der Waals surface area contributed by atoms with Crippen molar-refractivity contribution in [3.63, 3.8) is 0 Å². The summed E-state index contributed by atoms with van der Waals surface area (Å²) in [5.74, 6) is 0.577. The van der Waals surface area contributed by atoms with Crippen molar-refractivity contribution in [1.29, 1.82) is 0 Å². The fraction of sp³-hybridized carbons (Fsp3) is 0.583. The fourth-order valence-corrected chi connectivity index (χ4v) is 3.34. The second-order valence-corrected chi connectivity index (χ2v) is 5.38. The van der Waals surface area contributed by atoms with Crippen LogP contribution in [0.5, 0.6) is 5.75 Å². The molecule has 94 valence electrons. The first-order valence-electron chi connectivity index (χ1n) is 5.78. The number of nitrogens with one attached hydrogen (secondary N) is 1. The Morgan fingerprint density at radius 1 is 1.59 bits per heavy atom. The number of amides is 1. The van der Waals surface area contributed by atoms with Gasteiger partial charge in [-0.2, -0.15) is 0 Å². The highest BCUT2D eigenvalue weighted by Crippen LogP contribution is 2.40. The van der Waals surface area contributed by atoms with Crippen LogP contribution in [0.15, 0.2) is 0 Å². The van der Waals surface area contributed by atoms with Gasteiger partial charge in [-0.3, -0.25) is 4.79 Å². The normalized spacial score (nSPS) is 15.5. The van der Waals surface area contributed by atoms with Crippen LogP contribution in [0.2, 0.25) is 0 Å². The first-order chi connectivity index (χ1) is 8.13. The molecule has 1 amide bonds. The van der Waals surface area contributed by atoms with Crippen molar-refractivity contribution in [2.24, 2.45) is 0 Å². The second kappa shape index (κ2) is 5.06. The van der Waals surface area contributed by atoms with E-state index in [9.17, 15) is 4.79 Å². The van der Waals surface area contributed by atoms with Crippen LogP contribution in [0.25, 0.3) is 0 Å². The van der Waals surface area contributed by atoms with E-state index in [1.165, 1.54) is 21.8 Å². The predicted molar refractivity (Wildman–Crippen MR) is 66.9 cm³/mol. The van der Waals surface area contributed by atoms with E-state index < -0.39 is 6.10 Å². The number of methoxy groups -OCH3 is 1. The van der Waals surface area contributed by atoms with Crippen LogP contribution in [-0.2, 0) is 12.8 Å². The molecular formula is C12H17NO3S. The van der Waals surface area contributed by atoms with Crippen LogP contribution in [-0.4, -0.2) is 30.8 Å². The lowest BCUT2D eigenvalue weighted by molar-refractivity contribution is 0.0925. The molecule has 1 unspecified atom stereocenters. The van der Waals surface area contributed by atoms with Gasteiger partial charge in [-0.05, 0) is 26.2 Å². The number of rotatable bonds is 4. The van der Waals surface area contributed by atoms with Gasteiger partial charge in [0.15, 0.2) is 0 Å². The SMILES string of the molecule is COc1c(C(=O)NCC(C)O)sc2c1CCC2. The van der Waals surface area contributed by atoms with Crippen LogP contribution >= 0.6 is 11.3 Å². The number of aryl methyl sites for hydroxylation is 1. The smallest absolute Gasteiger partial charge is 0.265 e. The lowest BCUT2D eigenvalue weighted by Crippen LogP contribution is -2.30. The summed E-state index contributed by atoms with van der Waals surface area (Å²) in [5, 5.41) is 11.9. The van der Waals surface area contributed by atoms with E-state index in [4.69, 9.17) is 9.84 Å². The van der Waals surface area contributed by atoms with E-state index in [1.54, 1.807) is 14.0 Å². The van der Waals surface area contributed by atoms with Crippen LogP contribution in [0.3, 0.4) is 0 Å². The second-order valence-electron chi connectivity index (χ2n) is 4.28. The maximum atomic E-state index is 11.9. The molecule has 1 aliphatic carbocycles. The molecule has 1 aromatic rings. The number of hydrogen-bond acceptors (Lipinski definition) is 4. The molecule has 2 N–H and O–H groups in total. The minimum atomic E-state index is -0.531. The number of carbonyl (C=O) groups is 1. The molecule has 4 nitrogen and oxygen atoms in total. The van der Waals surface area contributed by atoms with Crippen molar-refractivity contribution in [2.45, 2.75) is 32.3 Å². The van der Waals surface area contributed by atoms with Crippen molar-refractivity contribution >= 4 is 17.2 Å². The molecule has 0 aromatic carbocycles. The summed E-state index contributed by atoms with van der Waals surface area (Å²) in [7, 11) is 1.60. The molecular weight excluding hydrogens is 238 g/mol. The monoisotopic (exact) mass is 255 g/mol. The highest BCUT2D eigenvalue weighted by molar-refractivity contribution is 7.14. The molecule has 0 aliphatic heterocycles. The molecule has 0 saturated heterocycles. The van der Waals surface area contributed by atoms with Gasteiger partial charge in [-0.15, -0.1) is 11.3 Å². The predicted octanol–water partition coefficient (Wildman–Crippen LogP) is 1.36. The molecule has 1 heterocycles. The standard InChI is InChI=1S/C12H17NO3S/c1-7(14)6-13-12(15)11-10(16-2)8-4-3-5-9(8)17-11/h7,14H,3-6H2,1-2H3,(H,13,15). The number of aliphatic hydroxyl groups is 1. The van der Waals surface area contributed by atoms with Gasteiger partial charge in [0.05, 0.1) is 13.2 Å². The minimum Gasteiger partial charge on any atom is -0.495 e. The minimum absolute atomic E-state index is 0.151. The summed E-state index contributed by atoms with van der Waals surface area (Å²) < 4.78 is 5.34. The number of ether oxygens (including phenoxy) is 1. The first kappa shape index (κ1) is 12.4. The van der Waals surface area contributed by atoms with Crippen molar-refractivity contribution in [3.8, 4) is 5.75 Å². The summed E-state index contributed by atoms with van der Waals surface area (Å²) in [5.41, 5.74) is 1.19. The summed E-state index contributed by atoms with van der Waals surface area (Å²) >= 11 is 1.51. The topological polar surface area (TPSA) is 58.6 Å². The average molecular weight is 255 g/mol. The molecule has 0 radical (unpaired) electrons. The van der Waals surface area contributed by atoms with Gasteiger partial charge < -0.3 is 15.2 Å². The highest BCUT2D eigenvalue weighted by Gasteiger charge is 2.26. The third-order valence-electron chi connectivity index (χ3n) is 2.84. The first-order valence-corrected chi connectivity index (χ1v) is 6.60. The average Bonchev–Trinajstić information content (AvgIpc) is 2.84. The van der Waals surface area contributed by atoms with Crippen molar-refractivity contribution in [2.75, 3.05) is 13.7 Å². The number of aliphatic hydroxyl groups excluding tert-OH is 1. The largest absolute Gasteiger partial charge is 0.495 e. The van der Waals surface area contributed by atoms with Gasteiger partial charge in [0, 0.05) is 17.0 Å². The van der Waals surface area contributed by atoms with Crippen molar-refractivity contribution < 1.29 is 14.6 Å². The van der Waals surface area contributed by atoms with Gasteiger partial charge in [0.1, 0.15) is 10.6 Å². The molecule has 1 atom stereocenters. The summed E-state index contributed by atoms with van der Waals surface area (Å²) in [6.07, 6.45) is 2.66. The van der Waals surface area contributed by atoms with Crippen molar-refractivity contribution in [3.05, 3.63) is 15.3 Å². The molecule has 17 heavy (non-hydrogen) atoms. The Morgan fingerprint density at radius 3 is 3.00 bits per heavy atom. The molecule has 1 aliphatic rings. The lowest BCUT2D eigenvalue weighted by Gasteiger charge is -2.08. The molecule has 2 rings (SSSR count). The summed E-state index contributed by atoms with van der Waals surface area (Å²) in [4.78, 5) is 13.8.